The third-order valence-electron chi connectivity index (χ3n) is 2.84. The molecular weight excluding hydrogens is 264 g/mol. The third kappa shape index (κ3) is 4.12. The molecule has 0 unspecified atom stereocenters. The Balaban J connectivity index is 1.78. The van der Waals surface area contributed by atoms with E-state index in [1.54, 1.807) is 12.3 Å². The largest absolute Gasteiger partial charge is 0.307 e. The second-order valence-corrected chi connectivity index (χ2v) is 4.95. The molecule has 0 aliphatic rings. The Morgan fingerprint density at radius 3 is 2.75 bits per heavy atom. The van der Waals surface area contributed by atoms with Crippen LogP contribution in [0.5, 0.6) is 0 Å². The van der Waals surface area contributed by atoms with E-state index in [4.69, 9.17) is 0 Å². The summed E-state index contributed by atoms with van der Waals surface area (Å²) in [6.07, 6.45) is 3.01. The molecule has 20 heavy (non-hydrogen) atoms. The van der Waals surface area contributed by atoms with Crippen LogP contribution in [0.2, 0.25) is 0 Å². The molecule has 0 fully saturated rings. The summed E-state index contributed by atoms with van der Waals surface area (Å²) in [5.74, 6) is 0. The number of nitrogens with one attached hydrogen (secondary N) is 1. The van der Waals surface area contributed by atoms with E-state index in [1.165, 1.54) is 4.68 Å². The van der Waals surface area contributed by atoms with Crippen LogP contribution in [-0.2, 0) is 19.6 Å². The molecule has 0 spiro atoms. The number of hydrogen-bond donors (Lipinski definition) is 1. The molecule has 0 aromatic carbocycles. The van der Waals surface area contributed by atoms with Crippen molar-refractivity contribution < 1.29 is 8.78 Å². The lowest BCUT2D eigenvalue weighted by Gasteiger charge is -2.03. The minimum Gasteiger partial charge on any atom is -0.307 e. The summed E-state index contributed by atoms with van der Waals surface area (Å²) >= 11 is 0. The van der Waals surface area contributed by atoms with Gasteiger partial charge < -0.3 is 5.32 Å². The van der Waals surface area contributed by atoms with Gasteiger partial charge in [0.15, 0.2) is 0 Å². The van der Waals surface area contributed by atoms with Crippen LogP contribution < -0.4 is 5.32 Å². The molecule has 2 aromatic heterocycles. The molecule has 110 valence electrons. The highest BCUT2D eigenvalue weighted by Gasteiger charge is 2.06. The lowest BCUT2D eigenvalue weighted by atomic mass is 10.3. The number of rotatable bonds is 7. The van der Waals surface area contributed by atoms with Gasteiger partial charge in [-0.1, -0.05) is 0 Å². The number of nitrogens with zero attached hydrogens (tertiary/aromatic N) is 4. The Morgan fingerprint density at radius 1 is 1.30 bits per heavy atom. The van der Waals surface area contributed by atoms with Crippen molar-refractivity contribution in [3.05, 3.63) is 35.9 Å². The van der Waals surface area contributed by atoms with Gasteiger partial charge in [0, 0.05) is 37.1 Å². The van der Waals surface area contributed by atoms with E-state index in [0.717, 1.165) is 11.3 Å². The van der Waals surface area contributed by atoms with Gasteiger partial charge in [-0.3, -0.25) is 9.36 Å². The number of halogens is 2. The molecule has 0 aliphatic heterocycles. The molecule has 2 aromatic rings. The van der Waals surface area contributed by atoms with Gasteiger partial charge in [0.2, 0.25) is 0 Å². The summed E-state index contributed by atoms with van der Waals surface area (Å²) < 4.78 is 27.5. The predicted molar refractivity (Wildman–Crippen MR) is 71.4 cm³/mol. The Labute approximate surface area is 116 Å². The maximum absolute atomic E-state index is 12.2. The average Bonchev–Trinajstić information content (AvgIpc) is 2.98. The van der Waals surface area contributed by atoms with Gasteiger partial charge in [0.05, 0.1) is 11.9 Å². The van der Waals surface area contributed by atoms with Crippen molar-refractivity contribution >= 4 is 0 Å². The Kier molecular flexibility index (Phi) is 4.84. The van der Waals surface area contributed by atoms with Crippen LogP contribution in [0.4, 0.5) is 8.78 Å². The van der Waals surface area contributed by atoms with E-state index in [2.05, 4.69) is 29.4 Å². The molecule has 0 aliphatic carbocycles. The van der Waals surface area contributed by atoms with Crippen LogP contribution in [0.25, 0.3) is 0 Å². The first-order chi connectivity index (χ1) is 9.54. The van der Waals surface area contributed by atoms with E-state index in [0.29, 0.717) is 19.1 Å². The lowest BCUT2D eigenvalue weighted by Crippen LogP contribution is -2.14. The molecule has 0 bridgehead atoms. The molecule has 2 rings (SSSR count). The standard InChI is InChI=1S/C13H19F2N5/c1-10(2)20-8-11(6-17-20)5-16-7-12-3-4-19(18-12)9-13(14)15/h3-4,6,8,10,13,16H,5,7,9H2,1-2H3. The van der Waals surface area contributed by atoms with Crippen LogP contribution >= 0.6 is 0 Å². The highest BCUT2D eigenvalue weighted by Crippen LogP contribution is 2.05. The predicted octanol–water partition coefficient (Wildman–Crippen LogP) is 2.22. The van der Waals surface area contributed by atoms with E-state index in [9.17, 15) is 8.78 Å². The molecule has 0 radical (unpaired) electrons. The van der Waals surface area contributed by atoms with Crippen LogP contribution in [-0.4, -0.2) is 26.0 Å². The third-order valence-corrected chi connectivity index (χ3v) is 2.84. The summed E-state index contributed by atoms with van der Waals surface area (Å²) in [5, 5.41) is 11.5. The topological polar surface area (TPSA) is 47.7 Å². The zero-order valence-electron chi connectivity index (χ0n) is 11.6. The van der Waals surface area contributed by atoms with Gasteiger partial charge in [0.25, 0.3) is 6.43 Å². The van der Waals surface area contributed by atoms with Gasteiger partial charge in [-0.15, -0.1) is 0 Å². The van der Waals surface area contributed by atoms with Gasteiger partial charge in [-0.25, -0.2) is 8.78 Å². The van der Waals surface area contributed by atoms with Crippen molar-refractivity contribution in [2.24, 2.45) is 0 Å². The van der Waals surface area contributed by atoms with Gasteiger partial charge >= 0.3 is 0 Å². The SMILES string of the molecule is CC(C)n1cc(CNCc2ccn(CC(F)F)n2)cn1. The zero-order chi connectivity index (χ0) is 14.5. The van der Waals surface area contributed by atoms with Crippen molar-refractivity contribution in [2.45, 2.75) is 45.9 Å². The van der Waals surface area contributed by atoms with Crippen LogP contribution in [0, 0.1) is 0 Å². The van der Waals surface area contributed by atoms with Crippen LogP contribution in [0.3, 0.4) is 0 Å². The minimum atomic E-state index is -2.38. The van der Waals surface area contributed by atoms with Gasteiger partial charge in [-0.05, 0) is 19.9 Å². The molecule has 0 amide bonds. The summed E-state index contributed by atoms with van der Waals surface area (Å²) in [6.45, 7) is 5.00. The lowest BCUT2D eigenvalue weighted by molar-refractivity contribution is 0.121. The van der Waals surface area contributed by atoms with E-state index in [-0.39, 0.29) is 6.54 Å². The fraction of sp³-hybridized carbons (Fsp3) is 0.538. The smallest absolute Gasteiger partial charge is 0.257 e. The summed E-state index contributed by atoms with van der Waals surface area (Å²) in [7, 11) is 0. The van der Waals surface area contributed by atoms with E-state index in [1.807, 2.05) is 17.1 Å². The molecule has 2 heterocycles. The first-order valence-corrected chi connectivity index (χ1v) is 6.59. The Morgan fingerprint density at radius 2 is 2.10 bits per heavy atom. The quantitative estimate of drug-likeness (QED) is 0.847. The van der Waals surface area contributed by atoms with Crippen molar-refractivity contribution in [1.29, 1.82) is 0 Å². The van der Waals surface area contributed by atoms with Crippen molar-refractivity contribution in [2.75, 3.05) is 0 Å². The fourth-order valence-corrected chi connectivity index (χ4v) is 1.83. The molecule has 0 saturated heterocycles. The molecule has 5 nitrogen and oxygen atoms in total. The zero-order valence-corrected chi connectivity index (χ0v) is 11.6. The average molecular weight is 283 g/mol. The highest BCUT2D eigenvalue weighted by molar-refractivity contribution is 5.05. The summed E-state index contributed by atoms with van der Waals surface area (Å²) in [6, 6.07) is 2.08. The van der Waals surface area contributed by atoms with Crippen molar-refractivity contribution in [3.63, 3.8) is 0 Å². The summed E-state index contributed by atoms with van der Waals surface area (Å²) in [5.41, 5.74) is 1.84. The molecular formula is C13H19F2N5. The van der Waals surface area contributed by atoms with Crippen LogP contribution in [0.15, 0.2) is 24.7 Å². The fourth-order valence-electron chi connectivity index (χ4n) is 1.83. The first-order valence-electron chi connectivity index (χ1n) is 6.59. The highest BCUT2D eigenvalue weighted by atomic mass is 19.3. The molecule has 0 saturated carbocycles. The van der Waals surface area contributed by atoms with Crippen molar-refractivity contribution in [1.82, 2.24) is 24.9 Å². The minimum absolute atomic E-state index is 0.341. The molecule has 7 heteroatoms. The normalized spacial score (nSPS) is 11.7. The number of alkyl halides is 2. The second kappa shape index (κ2) is 6.60. The monoisotopic (exact) mass is 283 g/mol. The first kappa shape index (κ1) is 14.6. The van der Waals surface area contributed by atoms with E-state index < -0.39 is 6.43 Å². The number of hydrogen-bond acceptors (Lipinski definition) is 3. The Bertz CT molecular complexity index is 532. The Hall–Kier alpha value is -1.76. The summed E-state index contributed by atoms with van der Waals surface area (Å²) in [4.78, 5) is 0. The maximum Gasteiger partial charge on any atom is 0.257 e. The van der Waals surface area contributed by atoms with Gasteiger partial charge in [-0.2, -0.15) is 10.2 Å². The molecule has 1 N–H and O–H groups in total. The maximum atomic E-state index is 12.2. The van der Waals surface area contributed by atoms with E-state index >= 15 is 0 Å². The second-order valence-electron chi connectivity index (χ2n) is 4.95. The van der Waals surface area contributed by atoms with Crippen LogP contribution in [0.1, 0.15) is 31.1 Å². The number of aromatic nitrogens is 4. The van der Waals surface area contributed by atoms with Crippen molar-refractivity contribution in [3.8, 4) is 0 Å². The molecule has 0 atom stereocenters. The van der Waals surface area contributed by atoms with Gasteiger partial charge in [0.1, 0.15) is 6.54 Å².